The molecule has 1 heterocycles. The van der Waals surface area contributed by atoms with Gasteiger partial charge in [-0.05, 0) is 56.3 Å². The molecule has 4 aliphatic rings. The van der Waals surface area contributed by atoms with Gasteiger partial charge in [0.15, 0.2) is 5.69 Å². The fourth-order valence-corrected chi connectivity index (χ4v) is 5.33. The van der Waals surface area contributed by atoms with Crippen molar-refractivity contribution in [2.75, 3.05) is 5.73 Å². The van der Waals surface area contributed by atoms with Crippen LogP contribution < -0.4 is 5.73 Å². The molecule has 4 saturated carbocycles. The van der Waals surface area contributed by atoms with Crippen LogP contribution in [0.4, 0.5) is 5.69 Å². The molecular formula is C14H19N3O2. The molecular weight excluding hydrogens is 242 g/mol. The number of nitrogens with zero attached hydrogens (tertiary/aromatic N) is 1. The summed E-state index contributed by atoms with van der Waals surface area (Å²) < 4.78 is 0. The number of hydrogen-bond donors (Lipinski definition) is 3. The van der Waals surface area contributed by atoms with Crippen LogP contribution in [0.5, 0.6) is 0 Å². The normalized spacial score (nSPS) is 39.7. The molecule has 4 bridgehead atoms. The second-order valence-electron chi connectivity index (χ2n) is 6.86. The number of nitrogen functional groups attached to an aromatic ring is 1. The quantitative estimate of drug-likeness (QED) is 0.760. The Morgan fingerprint density at radius 1 is 1.21 bits per heavy atom. The standard InChI is InChI=1S/C14H19N3O2/c15-10-11(13(18)19)16-17-12(10)14-4-7-1-8(5-14)3-9(2-7)6-14/h7-9H,1-6,15H2,(H,16,17)(H,18,19). The molecule has 0 aliphatic heterocycles. The van der Waals surface area contributed by atoms with Gasteiger partial charge in [-0.1, -0.05) is 0 Å². The average Bonchev–Trinajstić information content (AvgIpc) is 2.69. The Balaban J connectivity index is 1.77. The van der Waals surface area contributed by atoms with Crippen LogP contribution >= 0.6 is 0 Å². The van der Waals surface area contributed by atoms with Gasteiger partial charge in [-0.3, -0.25) is 5.10 Å². The predicted octanol–water partition coefficient (Wildman–Crippen LogP) is 2.16. The number of nitrogens with two attached hydrogens (primary N) is 1. The Hall–Kier alpha value is -1.52. The molecule has 0 aromatic carbocycles. The third kappa shape index (κ3) is 1.47. The van der Waals surface area contributed by atoms with E-state index in [1.165, 1.54) is 19.3 Å². The summed E-state index contributed by atoms with van der Waals surface area (Å²) in [5.74, 6) is 1.39. The van der Waals surface area contributed by atoms with Crippen LogP contribution in [-0.2, 0) is 5.41 Å². The van der Waals surface area contributed by atoms with E-state index in [9.17, 15) is 4.79 Å². The Labute approximate surface area is 111 Å². The highest BCUT2D eigenvalue weighted by molar-refractivity contribution is 5.92. The number of carboxylic acids is 1. The van der Waals surface area contributed by atoms with Gasteiger partial charge in [0.05, 0.1) is 11.4 Å². The maximum atomic E-state index is 11.1. The first-order chi connectivity index (χ1) is 9.07. The minimum atomic E-state index is -1.04. The van der Waals surface area contributed by atoms with Crippen molar-refractivity contribution in [3.8, 4) is 0 Å². The Morgan fingerprint density at radius 2 is 1.74 bits per heavy atom. The molecule has 5 heteroatoms. The van der Waals surface area contributed by atoms with Gasteiger partial charge in [-0.25, -0.2) is 4.79 Å². The fourth-order valence-electron chi connectivity index (χ4n) is 5.33. The van der Waals surface area contributed by atoms with E-state index in [0.29, 0.717) is 5.69 Å². The zero-order valence-electron chi connectivity index (χ0n) is 10.9. The lowest BCUT2D eigenvalue weighted by Crippen LogP contribution is -2.49. The summed E-state index contributed by atoms with van der Waals surface area (Å²) >= 11 is 0. The minimum Gasteiger partial charge on any atom is -0.476 e. The van der Waals surface area contributed by atoms with Crippen molar-refractivity contribution in [3.05, 3.63) is 11.4 Å². The van der Waals surface area contributed by atoms with Crippen molar-refractivity contribution in [1.29, 1.82) is 0 Å². The predicted molar refractivity (Wildman–Crippen MR) is 69.8 cm³/mol. The number of hydrogen-bond acceptors (Lipinski definition) is 3. The molecule has 5 nitrogen and oxygen atoms in total. The highest BCUT2D eigenvalue weighted by Gasteiger charge is 2.53. The first kappa shape index (κ1) is 11.3. The van der Waals surface area contributed by atoms with Gasteiger partial charge in [-0.15, -0.1) is 0 Å². The third-order valence-corrected chi connectivity index (χ3v) is 5.58. The minimum absolute atomic E-state index is 0.00857. The topological polar surface area (TPSA) is 92.0 Å². The number of rotatable bonds is 2. The van der Waals surface area contributed by atoms with Crippen LogP contribution in [0.25, 0.3) is 0 Å². The molecule has 1 aromatic heterocycles. The number of carboxylic acid groups (broad SMARTS) is 1. The number of aromatic amines is 1. The van der Waals surface area contributed by atoms with E-state index in [0.717, 1.165) is 42.7 Å². The number of aromatic nitrogens is 2. The van der Waals surface area contributed by atoms with Gasteiger partial charge in [0.1, 0.15) is 0 Å². The zero-order chi connectivity index (χ0) is 13.2. The van der Waals surface area contributed by atoms with Gasteiger partial charge in [0, 0.05) is 5.41 Å². The Bertz CT molecular complexity index is 514. The van der Waals surface area contributed by atoms with Crippen molar-refractivity contribution in [2.24, 2.45) is 17.8 Å². The van der Waals surface area contributed by atoms with E-state index in [4.69, 9.17) is 10.8 Å². The van der Waals surface area contributed by atoms with Crippen LogP contribution in [0.2, 0.25) is 0 Å². The SMILES string of the molecule is Nc1c(C(=O)O)n[nH]c1C12CC3CC(CC(C3)C1)C2. The maximum Gasteiger partial charge on any atom is 0.358 e. The summed E-state index contributed by atoms with van der Waals surface area (Å²) in [4.78, 5) is 11.1. The molecule has 0 radical (unpaired) electrons. The molecule has 0 unspecified atom stereocenters. The van der Waals surface area contributed by atoms with Gasteiger partial charge in [0.2, 0.25) is 0 Å². The lowest BCUT2D eigenvalue weighted by atomic mass is 9.48. The molecule has 0 amide bonds. The molecule has 19 heavy (non-hydrogen) atoms. The lowest BCUT2D eigenvalue weighted by Gasteiger charge is -2.56. The third-order valence-electron chi connectivity index (χ3n) is 5.58. The second kappa shape index (κ2) is 3.52. The molecule has 0 spiro atoms. The average molecular weight is 261 g/mol. The molecule has 4 fully saturated rings. The summed E-state index contributed by atoms with van der Waals surface area (Å²) in [6.45, 7) is 0. The Kier molecular flexibility index (Phi) is 2.10. The van der Waals surface area contributed by atoms with E-state index in [1.807, 2.05) is 0 Å². The van der Waals surface area contributed by atoms with Crippen LogP contribution in [0, 0.1) is 17.8 Å². The van der Waals surface area contributed by atoms with Crippen molar-refractivity contribution in [2.45, 2.75) is 43.9 Å². The summed E-state index contributed by atoms with van der Waals surface area (Å²) in [5, 5.41) is 16.0. The number of aromatic carboxylic acids is 1. The largest absolute Gasteiger partial charge is 0.476 e. The van der Waals surface area contributed by atoms with E-state index >= 15 is 0 Å². The van der Waals surface area contributed by atoms with Crippen molar-refractivity contribution in [3.63, 3.8) is 0 Å². The van der Waals surface area contributed by atoms with Crippen molar-refractivity contribution in [1.82, 2.24) is 10.2 Å². The van der Waals surface area contributed by atoms with Crippen LogP contribution in [-0.4, -0.2) is 21.3 Å². The first-order valence-electron chi connectivity index (χ1n) is 7.15. The summed E-state index contributed by atoms with van der Waals surface area (Å²) in [5.41, 5.74) is 7.40. The van der Waals surface area contributed by atoms with E-state index in [-0.39, 0.29) is 11.1 Å². The van der Waals surface area contributed by atoms with Crippen molar-refractivity contribution >= 4 is 11.7 Å². The number of nitrogens with one attached hydrogen (secondary N) is 1. The van der Waals surface area contributed by atoms with Crippen LogP contribution in [0.1, 0.15) is 54.7 Å². The van der Waals surface area contributed by atoms with E-state index < -0.39 is 5.97 Å². The number of carbonyl (C=O) groups is 1. The molecule has 102 valence electrons. The monoisotopic (exact) mass is 261 g/mol. The smallest absolute Gasteiger partial charge is 0.358 e. The lowest BCUT2D eigenvalue weighted by molar-refractivity contribution is -0.00686. The highest BCUT2D eigenvalue weighted by Crippen LogP contribution is 2.61. The van der Waals surface area contributed by atoms with Gasteiger partial charge in [0.25, 0.3) is 0 Å². The summed E-state index contributed by atoms with van der Waals surface area (Å²) in [6.07, 6.45) is 7.55. The molecule has 4 N–H and O–H groups in total. The molecule has 1 aromatic rings. The zero-order valence-corrected chi connectivity index (χ0v) is 10.9. The van der Waals surface area contributed by atoms with E-state index in [2.05, 4.69) is 10.2 Å². The molecule has 4 aliphatic carbocycles. The summed E-state index contributed by atoms with van der Waals surface area (Å²) in [6, 6.07) is 0. The summed E-state index contributed by atoms with van der Waals surface area (Å²) in [7, 11) is 0. The highest BCUT2D eigenvalue weighted by atomic mass is 16.4. The molecule has 5 rings (SSSR count). The van der Waals surface area contributed by atoms with E-state index in [1.54, 1.807) is 0 Å². The van der Waals surface area contributed by atoms with Gasteiger partial charge in [-0.2, -0.15) is 5.10 Å². The first-order valence-corrected chi connectivity index (χ1v) is 7.15. The molecule has 0 saturated heterocycles. The number of H-pyrrole nitrogens is 1. The van der Waals surface area contributed by atoms with Gasteiger partial charge >= 0.3 is 5.97 Å². The second-order valence-corrected chi connectivity index (χ2v) is 6.86. The number of anilines is 1. The maximum absolute atomic E-state index is 11.1. The fraction of sp³-hybridized carbons (Fsp3) is 0.714. The molecule has 0 atom stereocenters. The van der Waals surface area contributed by atoms with Crippen molar-refractivity contribution < 1.29 is 9.90 Å². The van der Waals surface area contributed by atoms with Crippen LogP contribution in [0.3, 0.4) is 0 Å². The Morgan fingerprint density at radius 3 is 2.16 bits per heavy atom. The van der Waals surface area contributed by atoms with Gasteiger partial charge < -0.3 is 10.8 Å². The van der Waals surface area contributed by atoms with Crippen LogP contribution in [0.15, 0.2) is 0 Å².